The highest BCUT2D eigenvalue weighted by Crippen LogP contribution is 2.17. The van der Waals surface area contributed by atoms with Crippen LogP contribution in [0.5, 0.6) is 0 Å². The molecule has 2 N–H and O–H groups in total. The molecule has 0 saturated heterocycles. The predicted molar refractivity (Wildman–Crippen MR) is 81.4 cm³/mol. The summed E-state index contributed by atoms with van der Waals surface area (Å²) in [6, 6.07) is 9.18. The van der Waals surface area contributed by atoms with Crippen LogP contribution in [0.4, 0.5) is 0 Å². The van der Waals surface area contributed by atoms with Crippen LogP contribution in [-0.4, -0.2) is 19.0 Å². The minimum absolute atomic E-state index is 0.595. The highest BCUT2D eigenvalue weighted by molar-refractivity contribution is 5.79. The van der Waals surface area contributed by atoms with Gasteiger partial charge in [0.1, 0.15) is 0 Å². The normalized spacial score (nSPS) is 17.3. The van der Waals surface area contributed by atoms with Crippen molar-refractivity contribution in [2.75, 3.05) is 7.05 Å². The zero-order chi connectivity index (χ0) is 13.5. The van der Waals surface area contributed by atoms with Crippen LogP contribution in [0.2, 0.25) is 0 Å². The van der Waals surface area contributed by atoms with Gasteiger partial charge in [-0.25, -0.2) is 0 Å². The summed E-state index contributed by atoms with van der Waals surface area (Å²) in [5.74, 6) is 0.924. The van der Waals surface area contributed by atoms with E-state index in [1.807, 2.05) is 7.05 Å². The lowest BCUT2D eigenvalue weighted by atomic mass is 9.96. The summed E-state index contributed by atoms with van der Waals surface area (Å²) in [7, 11) is 1.84. The van der Waals surface area contributed by atoms with Gasteiger partial charge in [0, 0.05) is 19.6 Å². The maximum absolute atomic E-state index is 4.31. The van der Waals surface area contributed by atoms with E-state index >= 15 is 0 Å². The first-order valence-electron chi connectivity index (χ1n) is 7.30. The van der Waals surface area contributed by atoms with Crippen LogP contribution in [0, 0.1) is 6.92 Å². The molecule has 3 nitrogen and oxygen atoms in total. The molecule has 0 radical (unpaired) electrons. The molecule has 3 heteroatoms. The number of rotatable bonds is 3. The monoisotopic (exact) mass is 259 g/mol. The van der Waals surface area contributed by atoms with E-state index in [1.165, 1.54) is 43.2 Å². The van der Waals surface area contributed by atoms with Gasteiger partial charge in [0.25, 0.3) is 0 Å². The Morgan fingerprint density at radius 2 is 2.05 bits per heavy atom. The average Bonchev–Trinajstić information content (AvgIpc) is 2.44. The Morgan fingerprint density at radius 1 is 1.26 bits per heavy atom. The molecule has 1 aliphatic rings. The number of benzene rings is 1. The SMILES string of the molecule is CN=C(NCc1cccc(C)c1)NC1CCCCC1. The van der Waals surface area contributed by atoms with Crippen LogP contribution in [0.15, 0.2) is 29.3 Å². The van der Waals surface area contributed by atoms with Crippen molar-refractivity contribution in [2.45, 2.75) is 51.6 Å². The summed E-state index contributed by atoms with van der Waals surface area (Å²) in [5, 5.41) is 6.93. The van der Waals surface area contributed by atoms with Gasteiger partial charge < -0.3 is 10.6 Å². The molecule has 1 fully saturated rings. The van der Waals surface area contributed by atoms with Gasteiger partial charge in [-0.2, -0.15) is 0 Å². The number of hydrogen-bond acceptors (Lipinski definition) is 1. The molecule has 2 rings (SSSR count). The van der Waals surface area contributed by atoms with E-state index in [0.717, 1.165) is 12.5 Å². The van der Waals surface area contributed by atoms with Crippen molar-refractivity contribution in [1.29, 1.82) is 0 Å². The first-order chi connectivity index (χ1) is 9.28. The van der Waals surface area contributed by atoms with Gasteiger partial charge in [-0.05, 0) is 25.3 Å². The Bertz CT molecular complexity index is 420. The van der Waals surface area contributed by atoms with E-state index in [2.05, 4.69) is 46.8 Å². The molecule has 1 aromatic rings. The lowest BCUT2D eigenvalue weighted by Gasteiger charge is -2.24. The molecule has 0 bridgehead atoms. The van der Waals surface area contributed by atoms with Crippen LogP contribution in [0.1, 0.15) is 43.2 Å². The van der Waals surface area contributed by atoms with Gasteiger partial charge >= 0.3 is 0 Å². The van der Waals surface area contributed by atoms with Crippen molar-refractivity contribution in [3.05, 3.63) is 35.4 Å². The maximum atomic E-state index is 4.31. The fourth-order valence-corrected chi connectivity index (χ4v) is 2.64. The van der Waals surface area contributed by atoms with Crippen molar-refractivity contribution in [2.24, 2.45) is 4.99 Å². The third kappa shape index (κ3) is 4.58. The highest BCUT2D eigenvalue weighted by atomic mass is 15.2. The van der Waals surface area contributed by atoms with Gasteiger partial charge in [-0.1, -0.05) is 49.1 Å². The summed E-state index contributed by atoms with van der Waals surface area (Å²) >= 11 is 0. The van der Waals surface area contributed by atoms with E-state index in [1.54, 1.807) is 0 Å². The lowest BCUT2D eigenvalue weighted by Crippen LogP contribution is -2.43. The van der Waals surface area contributed by atoms with Gasteiger partial charge in [0.15, 0.2) is 5.96 Å². The standard InChI is InChI=1S/C16H25N3/c1-13-7-6-8-14(11-13)12-18-16(17-2)19-15-9-4-3-5-10-15/h6-8,11,15H,3-5,9-10,12H2,1-2H3,(H2,17,18,19). The molecule has 0 unspecified atom stereocenters. The number of nitrogens with zero attached hydrogens (tertiary/aromatic N) is 1. The molecule has 0 aliphatic heterocycles. The van der Waals surface area contributed by atoms with Crippen LogP contribution in [0.25, 0.3) is 0 Å². The topological polar surface area (TPSA) is 36.4 Å². The average molecular weight is 259 g/mol. The summed E-state index contributed by atoms with van der Waals surface area (Å²) in [4.78, 5) is 4.31. The van der Waals surface area contributed by atoms with Crippen LogP contribution < -0.4 is 10.6 Å². The van der Waals surface area contributed by atoms with E-state index in [9.17, 15) is 0 Å². The van der Waals surface area contributed by atoms with Crippen LogP contribution >= 0.6 is 0 Å². The second-order valence-electron chi connectivity index (χ2n) is 5.39. The molecule has 0 spiro atoms. The Kier molecular flexibility index (Phi) is 5.25. The number of aryl methyl sites for hydroxylation is 1. The minimum atomic E-state index is 0.595. The fourth-order valence-electron chi connectivity index (χ4n) is 2.64. The van der Waals surface area contributed by atoms with Crippen molar-refractivity contribution in [3.8, 4) is 0 Å². The van der Waals surface area contributed by atoms with Crippen molar-refractivity contribution in [1.82, 2.24) is 10.6 Å². The minimum Gasteiger partial charge on any atom is -0.354 e. The summed E-state index contributed by atoms with van der Waals surface area (Å²) in [6.07, 6.45) is 6.60. The summed E-state index contributed by atoms with van der Waals surface area (Å²) < 4.78 is 0. The van der Waals surface area contributed by atoms with Gasteiger partial charge in [0.05, 0.1) is 0 Å². The molecule has 104 valence electrons. The second-order valence-corrected chi connectivity index (χ2v) is 5.39. The smallest absolute Gasteiger partial charge is 0.191 e. The number of aliphatic imine (C=N–C) groups is 1. The van der Waals surface area contributed by atoms with Crippen molar-refractivity contribution in [3.63, 3.8) is 0 Å². The lowest BCUT2D eigenvalue weighted by molar-refractivity contribution is 0.410. The van der Waals surface area contributed by atoms with E-state index in [-0.39, 0.29) is 0 Å². The van der Waals surface area contributed by atoms with Crippen molar-refractivity contribution < 1.29 is 0 Å². The number of guanidine groups is 1. The highest BCUT2D eigenvalue weighted by Gasteiger charge is 2.14. The molecule has 19 heavy (non-hydrogen) atoms. The van der Waals surface area contributed by atoms with E-state index in [4.69, 9.17) is 0 Å². The molecular formula is C16H25N3. The van der Waals surface area contributed by atoms with Crippen LogP contribution in [0.3, 0.4) is 0 Å². The Balaban J connectivity index is 1.82. The van der Waals surface area contributed by atoms with Gasteiger partial charge in [-0.3, -0.25) is 4.99 Å². The second kappa shape index (κ2) is 7.17. The summed E-state index contributed by atoms with van der Waals surface area (Å²) in [5.41, 5.74) is 2.60. The first-order valence-corrected chi connectivity index (χ1v) is 7.30. The van der Waals surface area contributed by atoms with E-state index in [0.29, 0.717) is 6.04 Å². The number of hydrogen-bond donors (Lipinski definition) is 2. The fraction of sp³-hybridized carbons (Fsp3) is 0.562. The summed E-state index contributed by atoms with van der Waals surface area (Å²) in [6.45, 7) is 2.95. The van der Waals surface area contributed by atoms with Gasteiger partial charge in [-0.15, -0.1) is 0 Å². The Labute approximate surface area is 116 Å². The van der Waals surface area contributed by atoms with E-state index < -0.39 is 0 Å². The molecule has 0 atom stereocenters. The molecule has 0 amide bonds. The largest absolute Gasteiger partial charge is 0.354 e. The maximum Gasteiger partial charge on any atom is 0.191 e. The quantitative estimate of drug-likeness (QED) is 0.646. The molecule has 1 saturated carbocycles. The predicted octanol–water partition coefficient (Wildman–Crippen LogP) is 2.99. The van der Waals surface area contributed by atoms with Gasteiger partial charge in [0.2, 0.25) is 0 Å². The first kappa shape index (κ1) is 13.9. The zero-order valence-electron chi connectivity index (χ0n) is 12.1. The molecular weight excluding hydrogens is 234 g/mol. The Morgan fingerprint density at radius 3 is 2.74 bits per heavy atom. The zero-order valence-corrected chi connectivity index (χ0v) is 12.1. The molecule has 1 aliphatic carbocycles. The third-order valence-electron chi connectivity index (χ3n) is 3.71. The molecule has 0 aromatic heterocycles. The Hall–Kier alpha value is -1.51. The van der Waals surface area contributed by atoms with Crippen LogP contribution in [-0.2, 0) is 6.54 Å². The number of nitrogens with one attached hydrogen (secondary N) is 2. The molecule has 1 aromatic carbocycles. The van der Waals surface area contributed by atoms with Crippen molar-refractivity contribution >= 4 is 5.96 Å². The third-order valence-corrected chi connectivity index (χ3v) is 3.71. The molecule has 0 heterocycles.